The molecule has 1 radical (unpaired) electrons. The number of hydrogen-bond donors (Lipinski definition) is 0. The van der Waals surface area contributed by atoms with Crippen molar-refractivity contribution >= 4 is 57.5 Å². The Balaban J connectivity index is 0. The Kier molecular flexibility index (Phi) is 7.37. The van der Waals surface area contributed by atoms with Crippen molar-refractivity contribution in [2.75, 3.05) is 0 Å². The van der Waals surface area contributed by atoms with Gasteiger partial charge in [-0.1, -0.05) is 0 Å². The van der Waals surface area contributed by atoms with Crippen LogP contribution < -0.4 is 4.89 Å². The van der Waals surface area contributed by atoms with Crippen LogP contribution in [0.1, 0.15) is 13.8 Å². The van der Waals surface area contributed by atoms with E-state index >= 15 is 0 Å². The molecule has 0 aliphatic rings. The molecule has 0 bridgehead atoms. The van der Waals surface area contributed by atoms with Crippen LogP contribution in [-0.4, -0.2) is 49.7 Å². The first-order valence-electron chi connectivity index (χ1n) is 2.55. The van der Waals surface area contributed by atoms with Crippen molar-refractivity contribution in [3.63, 3.8) is 0 Å². The molecule has 0 aromatic rings. The monoisotopic (exact) mass is 221 g/mol. The normalized spacial score (nSPS) is 9.58. The number of phosphoric acid groups is 1. The molecule has 0 rings (SSSR count). The second-order valence-corrected chi connectivity index (χ2v) is 2.87. The fraction of sp³-hybridized carbons (Fsp3) is 0.500. The van der Waals surface area contributed by atoms with Crippen LogP contribution in [0.3, 0.4) is 0 Å². The van der Waals surface area contributed by atoms with E-state index in [2.05, 4.69) is 9.05 Å². The van der Waals surface area contributed by atoms with Crippen LogP contribution in [0.2, 0.25) is 0 Å². The SMILES string of the molecule is CC(=O)OP(=O)([O-])OC(C)=O.[Ca+]. The van der Waals surface area contributed by atoms with Crippen molar-refractivity contribution in [3.05, 3.63) is 0 Å². The van der Waals surface area contributed by atoms with E-state index in [0.29, 0.717) is 0 Å². The summed E-state index contributed by atoms with van der Waals surface area (Å²) < 4.78 is 17.7. The van der Waals surface area contributed by atoms with E-state index in [9.17, 15) is 19.0 Å². The van der Waals surface area contributed by atoms with Crippen LogP contribution in [0.15, 0.2) is 0 Å². The third-order valence-electron chi connectivity index (χ3n) is 0.481. The Morgan fingerprint density at radius 1 is 1.17 bits per heavy atom. The van der Waals surface area contributed by atoms with E-state index in [1.807, 2.05) is 0 Å². The van der Waals surface area contributed by atoms with E-state index in [1.54, 1.807) is 0 Å². The summed E-state index contributed by atoms with van der Waals surface area (Å²) in [6, 6.07) is 0. The first-order valence-corrected chi connectivity index (χ1v) is 4.01. The Morgan fingerprint density at radius 3 is 1.58 bits per heavy atom. The first kappa shape index (κ1) is 14.9. The predicted octanol–water partition coefficient (Wildman–Crippen LogP) is -0.800. The number of rotatable bonds is 2. The van der Waals surface area contributed by atoms with E-state index in [0.717, 1.165) is 13.8 Å². The summed E-state index contributed by atoms with van der Waals surface area (Å²) in [4.78, 5) is 30.5. The molecule has 0 spiro atoms. The molecule has 65 valence electrons. The van der Waals surface area contributed by atoms with Crippen LogP contribution in [0, 0.1) is 0 Å². The van der Waals surface area contributed by atoms with Crippen molar-refractivity contribution in [1.29, 1.82) is 0 Å². The molecule has 0 fully saturated rings. The molecular weight excluding hydrogens is 215 g/mol. The summed E-state index contributed by atoms with van der Waals surface area (Å²) in [6.45, 7) is 1.77. The van der Waals surface area contributed by atoms with Gasteiger partial charge in [-0.3, -0.25) is 9.59 Å². The molecule has 0 N–H and O–H groups in total. The number of carbonyl (C=O) groups excluding carboxylic acids is 2. The Bertz CT molecular complexity index is 206. The summed E-state index contributed by atoms with van der Waals surface area (Å²) in [6.07, 6.45) is 0. The van der Waals surface area contributed by atoms with Crippen molar-refractivity contribution in [2.24, 2.45) is 0 Å². The smallest absolute Gasteiger partial charge is 0.736 e. The maximum absolute atomic E-state index is 10.4. The first-order chi connectivity index (χ1) is 4.83. The topological polar surface area (TPSA) is 92.7 Å². The second-order valence-electron chi connectivity index (χ2n) is 1.61. The van der Waals surface area contributed by atoms with E-state index in [1.165, 1.54) is 0 Å². The average molecular weight is 221 g/mol. The van der Waals surface area contributed by atoms with Gasteiger partial charge in [0.05, 0.1) is 0 Å². The van der Waals surface area contributed by atoms with Crippen LogP contribution in [0.5, 0.6) is 0 Å². The summed E-state index contributed by atoms with van der Waals surface area (Å²) in [5.41, 5.74) is 0. The van der Waals surface area contributed by atoms with Crippen LogP contribution in [0.4, 0.5) is 0 Å². The molecule has 0 aromatic heterocycles. The zero-order chi connectivity index (χ0) is 9.07. The van der Waals surface area contributed by atoms with Gasteiger partial charge in [-0.15, -0.1) is 0 Å². The minimum Gasteiger partial charge on any atom is -0.736 e. The summed E-state index contributed by atoms with van der Waals surface area (Å²) >= 11 is 0. The predicted molar refractivity (Wildman–Crippen MR) is 36.9 cm³/mol. The molecule has 0 amide bonds. The zero-order valence-electron chi connectivity index (χ0n) is 6.60. The molecule has 0 saturated carbocycles. The zero-order valence-corrected chi connectivity index (χ0v) is 9.71. The van der Waals surface area contributed by atoms with Gasteiger partial charge in [-0.05, 0) is 0 Å². The van der Waals surface area contributed by atoms with Crippen molar-refractivity contribution < 1.29 is 28.1 Å². The standard InChI is InChI=1S/C4H7O6P.Ca/c1-3(5)9-11(7,8)10-4(2)6;/h1-2H3,(H,7,8);/q;+1/p-1. The maximum atomic E-state index is 10.4. The van der Waals surface area contributed by atoms with E-state index in [-0.39, 0.29) is 37.7 Å². The van der Waals surface area contributed by atoms with E-state index in [4.69, 9.17) is 0 Å². The number of carbonyl (C=O) groups is 2. The van der Waals surface area contributed by atoms with Crippen LogP contribution >= 0.6 is 7.82 Å². The maximum Gasteiger partial charge on any atom is 1.00 e. The Hall–Kier alpha value is 0.390. The molecule has 12 heavy (non-hydrogen) atoms. The molecule has 0 unspecified atom stereocenters. The molecule has 0 atom stereocenters. The van der Waals surface area contributed by atoms with Gasteiger partial charge in [0.25, 0.3) is 0 Å². The molecule has 0 aliphatic carbocycles. The molecule has 0 aliphatic heterocycles. The minimum atomic E-state index is -4.75. The van der Waals surface area contributed by atoms with Gasteiger partial charge < -0.3 is 13.9 Å². The van der Waals surface area contributed by atoms with Gasteiger partial charge in [0.1, 0.15) is 0 Å². The van der Waals surface area contributed by atoms with Crippen LogP contribution in [-0.2, 0) is 23.2 Å². The second kappa shape index (κ2) is 5.94. The van der Waals surface area contributed by atoms with Crippen LogP contribution in [0.25, 0.3) is 0 Å². The van der Waals surface area contributed by atoms with E-state index < -0.39 is 19.8 Å². The summed E-state index contributed by atoms with van der Waals surface area (Å²) in [5, 5.41) is 0. The van der Waals surface area contributed by atoms with Crippen molar-refractivity contribution in [2.45, 2.75) is 13.8 Å². The largest absolute Gasteiger partial charge is 1.00 e. The van der Waals surface area contributed by atoms with Gasteiger partial charge in [0.15, 0.2) is 0 Å². The van der Waals surface area contributed by atoms with Gasteiger partial charge in [0.2, 0.25) is 0 Å². The summed E-state index contributed by atoms with van der Waals surface area (Å²) in [7, 11) is -4.75. The fourth-order valence-electron chi connectivity index (χ4n) is 0.334. The summed E-state index contributed by atoms with van der Waals surface area (Å²) in [5.74, 6) is -2.10. The molecular formula is C4H6CaO6P. The molecule has 0 heterocycles. The Morgan fingerprint density at radius 2 is 1.42 bits per heavy atom. The van der Waals surface area contributed by atoms with Gasteiger partial charge in [-0.2, -0.15) is 0 Å². The average Bonchev–Trinajstić information content (AvgIpc) is 1.53. The molecule has 0 saturated heterocycles. The third-order valence-corrected chi connectivity index (χ3v) is 1.44. The third kappa shape index (κ3) is 8.49. The van der Waals surface area contributed by atoms with Gasteiger partial charge >= 0.3 is 57.5 Å². The fourth-order valence-corrected chi connectivity index (χ4v) is 1.00. The number of hydrogen-bond acceptors (Lipinski definition) is 6. The van der Waals surface area contributed by atoms with Crippen molar-refractivity contribution in [1.82, 2.24) is 0 Å². The quantitative estimate of drug-likeness (QED) is 0.447. The minimum absolute atomic E-state index is 0. The Labute approximate surface area is 98.8 Å². The van der Waals surface area contributed by atoms with Crippen molar-refractivity contribution in [3.8, 4) is 0 Å². The number of phosphoric ester groups is 1. The molecule has 6 nitrogen and oxygen atoms in total. The van der Waals surface area contributed by atoms with Gasteiger partial charge in [-0.25, -0.2) is 4.57 Å². The van der Waals surface area contributed by atoms with Gasteiger partial charge in [0, 0.05) is 13.8 Å². The molecule has 8 heteroatoms. The molecule has 0 aromatic carbocycles.